The molecule has 1 saturated heterocycles. The van der Waals surface area contributed by atoms with Crippen LogP contribution in [0.4, 0.5) is 0 Å². The fourth-order valence-corrected chi connectivity index (χ4v) is 4.41. The van der Waals surface area contributed by atoms with Gasteiger partial charge in [-0.2, -0.15) is 0 Å². The van der Waals surface area contributed by atoms with Gasteiger partial charge in [0.2, 0.25) is 0 Å². The number of halogens is 1. The van der Waals surface area contributed by atoms with E-state index in [4.69, 9.17) is 16.3 Å². The van der Waals surface area contributed by atoms with Crippen molar-refractivity contribution in [3.8, 4) is 5.75 Å². The van der Waals surface area contributed by atoms with Crippen molar-refractivity contribution in [1.82, 2.24) is 9.80 Å². The van der Waals surface area contributed by atoms with E-state index in [9.17, 15) is 14.7 Å². The third-order valence-corrected chi connectivity index (χ3v) is 6.22. The minimum Gasteiger partial charge on any atom is -0.507 e. The van der Waals surface area contributed by atoms with Crippen LogP contribution in [0.1, 0.15) is 44.4 Å². The first-order chi connectivity index (χ1) is 15.9. The molecule has 2 aromatic rings. The topological polar surface area (TPSA) is 70.1 Å². The van der Waals surface area contributed by atoms with Crippen LogP contribution in [0.25, 0.3) is 5.76 Å². The second kappa shape index (κ2) is 11.3. The number of aliphatic hydroxyl groups excluding tert-OH is 1. The molecule has 0 radical (unpaired) electrons. The lowest BCUT2D eigenvalue weighted by molar-refractivity contribution is -0.140. The summed E-state index contributed by atoms with van der Waals surface area (Å²) in [5.41, 5.74) is 1.22. The van der Waals surface area contributed by atoms with E-state index in [2.05, 4.69) is 18.7 Å². The lowest BCUT2D eigenvalue weighted by atomic mass is 9.95. The van der Waals surface area contributed by atoms with E-state index in [-0.39, 0.29) is 11.3 Å². The van der Waals surface area contributed by atoms with Gasteiger partial charge in [0.15, 0.2) is 0 Å². The van der Waals surface area contributed by atoms with Crippen LogP contribution in [0.5, 0.6) is 5.75 Å². The summed E-state index contributed by atoms with van der Waals surface area (Å²) in [6.45, 7) is 9.60. The smallest absolute Gasteiger partial charge is 0.295 e. The summed E-state index contributed by atoms with van der Waals surface area (Å²) in [7, 11) is 0. The number of aliphatic hydroxyl groups is 1. The third-order valence-electron chi connectivity index (χ3n) is 5.93. The number of amides is 1. The van der Waals surface area contributed by atoms with Crippen LogP contribution >= 0.6 is 11.6 Å². The number of carbonyl (C=O) groups is 2. The normalized spacial score (nSPS) is 17.7. The molecule has 0 spiro atoms. The van der Waals surface area contributed by atoms with Gasteiger partial charge in [-0.3, -0.25) is 9.59 Å². The monoisotopic (exact) mass is 470 g/mol. The summed E-state index contributed by atoms with van der Waals surface area (Å²) < 4.78 is 5.46. The van der Waals surface area contributed by atoms with E-state index in [0.717, 1.165) is 31.6 Å². The number of nitrogens with zero attached hydrogens (tertiary/aromatic N) is 2. The molecule has 7 heteroatoms. The third kappa shape index (κ3) is 5.40. The minimum atomic E-state index is -0.686. The molecule has 1 amide bonds. The minimum absolute atomic E-state index is 0.0780. The predicted octanol–water partition coefficient (Wildman–Crippen LogP) is 4.89. The molecule has 1 fully saturated rings. The first-order valence-corrected chi connectivity index (χ1v) is 11.8. The van der Waals surface area contributed by atoms with Gasteiger partial charge in [-0.15, -0.1) is 0 Å². The number of hydrogen-bond acceptors (Lipinski definition) is 5. The number of hydrogen-bond donors (Lipinski definition) is 1. The maximum atomic E-state index is 13.1. The Morgan fingerprint density at radius 1 is 1.09 bits per heavy atom. The number of rotatable bonds is 10. The van der Waals surface area contributed by atoms with Gasteiger partial charge in [-0.1, -0.05) is 55.8 Å². The van der Waals surface area contributed by atoms with Gasteiger partial charge >= 0.3 is 0 Å². The van der Waals surface area contributed by atoms with Crippen molar-refractivity contribution in [3.05, 3.63) is 70.3 Å². The first kappa shape index (κ1) is 24.8. The molecule has 0 aromatic heterocycles. The van der Waals surface area contributed by atoms with Crippen LogP contribution < -0.4 is 4.74 Å². The van der Waals surface area contributed by atoms with E-state index in [0.29, 0.717) is 29.5 Å². The standard InChI is InChI=1S/C26H31ClN2O4/c1-4-28(5-2)15-10-16-29-23(18-11-8-7-9-12-18)22(25(31)26(29)32)24(30)19-13-14-21(33-6-3)20(27)17-19/h7-9,11-14,17,23,30H,4-6,10,15-16H2,1-3H3/b24-22+/t23-/m0/s1. The van der Waals surface area contributed by atoms with Gasteiger partial charge in [0.1, 0.15) is 11.5 Å². The Morgan fingerprint density at radius 2 is 1.79 bits per heavy atom. The predicted molar refractivity (Wildman–Crippen MR) is 130 cm³/mol. The van der Waals surface area contributed by atoms with Crippen molar-refractivity contribution >= 4 is 29.1 Å². The highest BCUT2D eigenvalue weighted by atomic mass is 35.5. The molecular weight excluding hydrogens is 440 g/mol. The van der Waals surface area contributed by atoms with Gasteiger partial charge in [0, 0.05) is 12.1 Å². The Balaban J connectivity index is 2.01. The second-order valence-electron chi connectivity index (χ2n) is 7.86. The first-order valence-electron chi connectivity index (χ1n) is 11.4. The fourth-order valence-electron chi connectivity index (χ4n) is 4.17. The summed E-state index contributed by atoms with van der Waals surface area (Å²) in [6, 6.07) is 13.5. The summed E-state index contributed by atoms with van der Waals surface area (Å²) in [4.78, 5) is 30.0. The number of benzene rings is 2. The molecule has 1 aliphatic heterocycles. The Morgan fingerprint density at radius 3 is 2.39 bits per heavy atom. The SMILES string of the molecule is CCOc1ccc(/C(O)=C2\C(=O)C(=O)N(CCCN(CC)CC)[C@H]2c2ccccc2)cc1Cl. The number of carbonyl (C=O) groups excluding carboxylic acids is 2. The Kier molecular flexibility index (Phi) is 8.53. The quantitative estimate of drug-likeness (QED) is 0.304. The Hall–Kier alpha value is -2.83. The van der Waals surface area contributed by atoms with Crippen LogP contribution in [0, 0.1) is 0 Å². The Bertz CT molecular complexity index is 1020. The van der Waals surface area contributed by atoms with E-state index >= 15 is 0 Å². The molecule has 6 nitrogen and oxygen atoms in total. The van der Waals surface area contributed by atoms with E-state index in [1.807, 2.05) is 37.3 Å². The lowest BCUT2D eigenvalue weighted by Crippen LogP contribution is -2.33. The summed E-state index contributed by atoms with van der Waals surface area (Å²) >= 11 is 6.31. The largest absolute Gasteiger partial charge is 0.507 e. The fraction of sp³-hybridized carbons (Fsp3) is 0.385. The van der Waals surface area contributed by atoms with E-state index < -0.39 is 17.7 Å². The van der Waals surface area contributed by atoms with Gasteiger partial charge in [0.05, 0.1) is 23.2 Å². The molecule has 3 rings (SSSR count). The van der Waals surface area contributed by atoms with Crippen LogP contribution in [0.3, 0.4) is 0 Å². The summed E-state index contributed by atoms with van der Waals surface area (Å²) in [6.07, 6.45) is 0.729. The lowest BCUT2D eigenvalue weighted by Gasteiger charge is -2.26. The van der Waals surface area contributed by atoms with Crippen LogP contribution in [0.2, 0.25) is 5.02 Å². The molecule has 0 saturated carbocycles. The Labute approximate surface area is 200 Å². The zero-order valence-corrected chi connectivity index (χ0v) is 20.1. The molecule has 0 bridgehead atoms. The van der Waals surface area contributed by atoms with Crippen molar-refractivity contribution < 1.29 is 19.4 Å². The van der Waals surface area contributed by atoms with Crippen molar-refractivity contribution in [2.24, 2.45) is 0 Å². The van der Waals surface area contributed by atoms with Crippen LogP contribution in [-0.4, -0.2) is 59.4 Å². The molecule has 1 aliphatic rings. The van der Waals surface area contributed by atoms with E-state index in [1.54, 1.807) is 23.1 Å². The van der Waals surface area contributed by atoms with E-state index in [1.165, 1.54) is 0 Å². The van der Waals surface area contributed by atoms with Crippen molar-refractivity contribution in [2.45, 2.75) is 33.2 Å². The zero-order valence-electron chi connectivity index (χ0n) is 19.4. The van der Waals surface area contributed by atoms with Crippen molar-refractivity contribution in [3.63, 3.8) is 0 Å². The van der Waals surface area contributed by atoms with Crippen LogP contribution in [-0.2, 0) is 9.59 Å². The van der Waals surface area contributed by atoms with Gasteiger partial charge < -0.3 is 19.6 Å². The molecule has 0 unspecified atom stereocenters. The van der Waals surface area contributed by atoms with Crippen molar-refractivity contribution in [1.29, 1.82) is 0 Å². The van der Waals surface area contributed by atoms with Crippen molar-refractivity contribution in [2.75, 3.05) is 32.8 Å². The number of Topliss-reactive ketones (excluding diaryl/α,β-unsaturated/α-hetero) is 1. The molecule has 176 valence electrons. The molecule has 1 heterocycles. The molecule has 1 N–H and O–H groups in total. The number of likely N-dealkylation sites (tertiary alicyclic amines) is 1. The number of ketones is 1. The highest BCUT2D eigenvalue weighted by Gasteiger charge is 2.45. The van der Waals surface area contributed by atoms with Gasteiger partial charge in [0.25, 0.3) is 11.7 Å². The second-order valence-corrected chi connectivity index (χ2v) is 8.27. The maximum Gasteiger partial charge on any atom is 0.295 e. The maximum absolute atomic E-state index is 13.1. The van der Waals surface area contributed by atoms with Gasteiger partial charge in [-0.05, 0) is 56.7 Å². The molecular formula is C26H31ClN2O4. The zero-order chi connectivity index (χ0) is 24.0. The highest BCUT2D eigenvalue weighted by molar-refractivity contribution is 6.46. The average molecular weight is 471 g/mol. The number of ether oxygens (including phenoxy) is 1. The average Bonchev–Trinajstić information content (AvgIpc) is 3.08. The summed E-state index contributed by atoms with van der Waals surface area (Å²) in [5.74, 6) is -1.03. The molecule has 33 heavy (non-hydrogen) atoms. The van der Waals surface area contributed by atoms with Gasteiger partial charge in [-0.25, -0.2) is 0 Å². The summed E-state index contributed by atoms with van der Waals surface area (Å²) in [5, 5.41) is 11.5. The van der Waals surface area contributed by atoms with Crippen LogP contribution in [0.15, 0.2) is 54.1 Å². The molecule has 1 atom stereocenters. The molecule has 2 aromatic carbocycles. The molecule has 0 aliphatic carbocycles. The highest BCUT2D eigenvalue weighted by Crippen LogP contribution is 2.40.